The molecule has 0 spiro atoms. The summed E-state index contributed by atoms with van der Waals surface area (Å²) in [5, 5.41) is 9.24. The van der Waals surface area contributed by atoms with Crippen molar-refractivity contribution < 1.29 is 14.7 Å². The van der Waals surface area contributed by atoms with Crippen LogP contribution < -0.4 is 0 Å². The van der Waals surface area contributed by atoms with Gasteiger partial charge < -0.3 is 10.0 Å². The van der Waals surface area contributed by atoms with Gasteiger partial charge in [-0.1, -0.05) is 29.8 Å². The van der Waals surface area contributed by atoms with E-state index in [2.05, 4.69) is 31.2 Å². The molecule has 2 aliphatic heterocycles. The number of piperidine rings is 1. The molecule has 3 rings (SSSR count). The molecule has 5 heteroatoms. The number of aliphatic carboxylic acids is 1. The molecule has 26 heavy (non-hydrogen) atoms. The fraction of sp³-hybridized carbons (Fsp3) is 0.619. The van der Waals surface area contributed by atoms with Crippen LogP contribution >= 0.6 is 0 Å². The van der Waals surface area contributed by atoms with Crippen LogP contribution in [0.2, 0.25) is 0 Å². The number of carbonyl (C=O) groups is 2. The van der Waals surface area contributed by atoms with E-state index >= 15 is 0 Å². The first-order chi connectivity index (χ1) is 12.5. The Balaban J connectivity index is 1.41. The number of carboxylic acid groups (broad SMARTS) is 1. The predicted octanol–water partition coefficient (Wildman–Crippen LogP) is 2.72. The van der Waals surface area contributed by atoms with Gasteiger partial charge in [-0.15, -0.1) is 0 Å². The first-order valence-corrected chi connectivity index (χ1v) is 9.83. The highest BCUT2D eigenvalue weighted by atomic mass is 16.4. The monoisotopic (exact) mass is 358 g/mol. The second-order valence-corrected chi connectivity index (χ2v) is 7.82. The summed E-state index contributed by atoms with van der Waals surface area (Å²) in [6, 6.07) is 8.27. The van der Waals surface area contributed by atoms with Gasteiger partial charge in [-0.3, -0.25) is 14.5 Å². The largest absolute Gasteiger partial charge is 0.480 e. The number of carboxylic acids is 1. The van der Waals surface area contributed by atoms with Crippen LogP contribution in [0.15, 0.2) is 24.3 Å². The van der Waals surface area contributed by atoms with E-state index in [1.807, 2.05) is 9.80 Å². The van der Waals surface area contributed by atoms with Crippen molar-refractivity contribution >= 4 is 11.9 Å². The normalized spacial score (nSPS) is 21.9. The van der Waals surface area contributed by atoms with Crippen molar-refractivity contribution in [2.24, 2.45) is 5.92 Å². The zero-order chi connectivity index (χ0) is 18.5. The average molecular weight is 358 g/mol. The quantitative estimate of drug-likeness (QED) is 0.849. The molecule has 5 nitrogen and oxygen atoms in total. The summed E-state index contributed by atoms with van der Waals surface area (Å²) in [4.78, 5) is 27.5. The molecule has 1 aromatic rings. The lowest BCUT2D eigenvalue weighted by Gasteiger charge is -2.33. The molecule has 0 radical (unpaired) electrons. The van der Waals surface area contributed by atoms with Gasteiger partial charge in [0.25, 0.3) is 0 Å². The van der Waals surface area contributed by atoms with Crippen LogP contribution in [0.4, 0.5) is 0 Å². The Morgan fingerprint density at radius 2 is 1.77 bits per heavy atom. The van der Waals surface area contributed by atoms with Crippen LogP contribution in [0, 0.1) is 12.8 Å². The van der Waals surface area contributed by atoms with Gasteiger partial charge in [0.05, 0.1) is 6.54 Å². The predicted molar refractivity (Wildman–Crippen MR) is 101 cm³/mol. The summed E-state index contributed by atoms with van der Waals surface area (Å²) in [7, 11) is 0. The number of hydrogen-bond donors (Lipinski definition) is 1. The van der Waals surface area contributed by atoms with Crippen molar-refractivity contribution in [3.05, 3.63) is 35.4 Å². The van der Waals surface area contributed by atoms with Gasteiger partial charge in [-0.2, -0.15) is 0 Å². The first kappa shape index (κ1) is 18.9. The van der Waals surface area contributed by atoms with Crippen molar-refractivity contribution in [1.29, 1.82) is 0 Å². The number of amides is 1. The van der Waals surface area contributed by atoms with Crippen LogP contribution in [0.1, 0.15) is 43.2 Å². The molecule has 2 heterocycles. The third-order valence-electron chi connectivity index (χ3n) is 5.92. The van der Waals surface area contributed by atoms with E-state index in [1.165, 1.54) is 17.5 Å². The minimum absolute atomic E-state index is 0.0927. The SMILES string of the molecule is Cc1ccc(CCC2CCN(C(=O)CN3CCCC3C(=O)O)CC2)cc1. The first-order valence-electron chi connectivity index (χ1n) is 9.83. The maximum absolute atomic E-state index is 12.5. The fourth-order valence-electron chi connectivity index (χ4n) is 4.17. The lowest BCUT2D eigenvalue weighted by Crippen LogP contribution is -2.46. The molecule has 1 aromatic carbocycles. The van der Waals surface area contributed by atoms with E-state index in [1.54, 1.807) is 0 Å². The highest BCUT2D eigenvalue weighted by molar-refractivity contribution is 5.80. The van der Waals surface area contributed by atoms with E-state index < -0.39 is 12.0 Å². The number of nitrogens with zero attached hydrogens (tertiary/aromatic N) is 2. The van der Waals surface area contributed by atoms with Gasteiger partial charge in [-0.05, 0) is 63.5 Å². The smallest absolute Gasteiger partial charge is 0.320 e. The minimum atomic E-state index is -0.801. The molecule has 2 saturated heterocycles. The number of rotatable bonds is 6. The maximum Gasteiger partial charge on any atom is 0.320 e. The van der Waals surface area contributed by atoms with Gasteiger partial charge in [0.1, 0.15) is 6.04 Å². The van der Waals surface area contributed by atoms with Crippen LogP contribution in [-0.2, 0) is 16.0 Å². The molecule has 2 aliphatic rings. The highest BCUT2D eigenvalue weighted by Crippen LogP contribution is 2.24. The Morgan fingerprint density at radius 1 is 1.08 bits per heavy atom. The Bertz CT molecular complexity index is 621. The third kappa shape index (κ3) is 4.85. The highest BCUT2D eigenvalue weighted by Gasteiger charge is 2.33. The molecule has 0 aromatic heterocycles. The second kappa shape index (κ2) is 8.67. The Hall–Kier alpha value is -1.88. The van der Waals surface area contributed by atoms with E-state index in [0.29, 0.717) is 12.3 Å². The van der Waals surface area contributed by atoms with E-state index in [4.69, 9.17) is 0 Å². The molecule has 142 valence electrons. The van der Waals surface area contributed by atoms with Crippen molar-refractivity contribution in [3.8, 4) is 0 Å². The van der Waals surface area contributed by atoms with Crippen molar-refractivity contribution in [2.45, 2.75) is 51.5 Å². The van der Waals surface area contributed by atoms with Crippen LogP contribution in [0.5, 0.6) is 0 Å². The van der Waals surface area contributed by atoms with Gasteiger partial charge >= 0.3 is 5.97 Å². The van der Waals surface area contributed by atoms with E-state index in [-0.39, 0.29) is 12.5 Å². The van der Waals surface area contributed by atoms with Crippen LogP contribution in [0.3, 0.4) is 0 Å². The second-order valence-electron chi connectivity index (χ2n) is 7.82. The van der Waals surface area contributed by atoms with Gasteiger partial charge in [-0.25, -0.2) is 0 Å². The molecule has 0 bridgehead atoms. The average Bonchev–Trinajstić information content (AvgIpc) is 3.10. The summed E-state index contributed by atoms with van der Waals surface area (Å²) >= 11 is 0. The summed E-state index contributed by atoms with van der Waals surface area (Å²) in [6.45, 7) is 4.70. The molecule has 1 N–H and O–H groups in total. The summed E-state index contributed by atoms with van der Waals surface area (Å²) in [5.41, 5.74) is 2.69. The Kier molecular flexibility index (Phi) is 6.30. The van der Waals surface area contributed by atoms with Gasteiger partial charge in [0.15, 0.2) is 0 Å². The number of hydrogen-bond acceptors (Lipinski definition) is 3. The lowest BCUT2D eigenvalue weighted by atomic mass is 9.90. The van der Waals surface area contributed by atoms with Gasteiger partial charge in [0, 0.05) is 13.1 Å². The lowest BCUT2D eigenvalue weighted by molar-refractivity contribution is -0.143. The summed E-state index contributed by atoms with van der Waals surface area (Å²) < 4.78 is 0. The topological polar surface area (TPSA) is 60.9 Å². The Labute approximate surface area is 156 Å². The number of aryl methyl sites for hydroxylation is 2. The number of carbonyl (C=O) groups excluding carboxylic acids is 1. The third-order valence-corrected chi connectivity index (χ3v) is 5.92. The standard InChI is InChI=1S/C21H30N2O3/c1-16-4-6-17(7-5-16)8-9-18-10-13-22(14-11-18)20(24)15-23-12-2-3-19(23)21(25)26/h4-7,18-19H,2-3,8-15H2,1H3,(H,25,26). The molecule has 1 atom stereocenters. The van der Waals surface area contributed by atoms with E-state index in [9.17, 15) is 14.7 Å². The van der Waals surface area contributed by atoms with Crippen molar-refractivity contribution in [3.63, 3.8) is 0 Å². The van der Waals surface area contributed by atoms with Gasteiger partial charge in [0.2, 0.25) is 5.91 Å². The Morgan fingerprint density at radius 3 is 2.42 bits per heavy atom. The van der Waals surface area contributed by atoms with E-state index in [0.717, 1.165) is 45.3 Å². The maximum atomic E-state index is 12.5. The minimum Gasteiger partial charge on any atom is -0.480 e. The number of benzene rings is 1. The zero-order valence-electron chi connectivity index (χ0n) is 15.7. The molecular formula is C21H30N2O3. The zero-order valence-corrected chi connectivity index (χ0v) is 15.7. The molecule has 1 unspecified atom stereocenters. The fourth-order valence-corrected chi connectivity index (χ4v) is 4.17. The van der Waals surface area contributed by atoms with Crippen LogP contribution in [-0.4, -0.2) is 59.0 Å². The molecule has 1 amide bonds. The summed E-state index contributed by atoms with van der Waals surface area (Å²) in [6.07, 6.45) is 5.92. The molecule has 0 saturated carbocycles. The van der Waals surface area contributed by atoms with Crippen molar-refractivity contribution in [2.75, 3.05) is 26.2 Å². The van der Waals surface area contributed by atoms with Crippen molar-refractivity contribution in [1.82, 2.24) is 9.80 Å². The summed E-state index contributed by atoms with van der Waals surface area (Å²) in [5.74, 6) is -0.0286. The molecule has 0 aliphatic carbocycles. The molecular weight excluding hydrogens is 328 g/mol. The molecule has 2 fully saturated rings. The number of likely N-dealkylation sites (tertiary alicyclic amines) is 2. The van der Waals surface area contributed by atoms with Crippen LogP contribution in [0.25, 0.3) is 0 Å².